The number of halogens is 3. The highest BCUT2D eigenvalue weighted by molar-refractivity contribution is 5.53. The number of hydrogen-bond donors (Lipinski definition) is 3. The van der Waals surface area contributed by atoms with E-state index in [2.05, 4.69) is 4.98 Å². The van der Waals surface area contributed by atoms with Gasteiger partial charge in [0.15, 0.2) is 0 Å². The number of rotatable bonds is 2. The van der Waals surface area contributed by atoms with E-state index in [0.717, 1.165) is 25.3 Å². The van der Waals surface area contributed by atoms with Gasteiger partial charge in [-0.3, -0.25) is 9.88 Å². The molecular formula is C18H28F3N3O3. The third-order valence-corrected chi connectivity index (χ3v) is 5.07. The van der Waals surface area contributed by atoms with Crippen molar-refractivity contribution in [1.82, 2.24) is 9.88 Å². The van der Waals surface area contributed by atoms with Crippen LogP contribution in [0, 0.1) is 0 Å². The Balaban J connectivity index is 0.000000208. The van der Waals surface area contributed by atoms with E-state index in [1.54, 1.807) is 4.90 Å². The molecule has 2 aliphatic rings. The van der Waals surface area contributed by atoms with Crippen molar-refractivity contribution in [3.8, 4) is 0 Å². The van der Waals surface area contributed by atoms with E-state index >= 15 is 0 Å². The Hall–Kier alpha value is -1.42. The van der Waals surface area contributed by atoms with Crippen LogP contribution in [0.5, 0.6) is 0 Å². The van der Waals surface area contributed by atoms with Gasteiger partial charge in [-0.25, -0.2) is 0 Å². The molecule has 3 rings (SSSR count). The molecule has 154 valence electrons. The number of aromatic nitrogens is 1. The molecule has 3 N–H and O–H groups in total. The number of likely N-dealkylation sites (N-methyl/N-ethyl adjacent to an activating group) is 1. The molecular weight excluding hydrogens is 363 g/mol. The molecule has 2 fully saturated rings. The first-order valence-electron chi connectivity index (χ1n) is 9.17. The third kappa shape index (κ3) is 6.03. The van der Waals surface area contributed by atoms with Crippen molar-refractivity contribution in [1.29, 1.82) is 0 Å². The molecule has 6 nitrogen and oxygen atoms in total. The molecule has 0 radical (unpaired) electrons. The van der Waals surface area contributed by atoms with Crippen molar-refractivity contribution in [3.05, 3.63) is 24.0 Å². The van der Waals surface area contributed by atoms with Gasteiger partial charge < -0.3 is 20.2 Å². The van der Waals surface area contributed by atoms with Crippen molar-refractivity contribution in [3.63, 3.8) is 0 Å². The number of aliphatic hydroxyl groups is 3. The molecule has 1 unspecified atom stereocenters. The van der Waals surface area contributed by atoms with Gasteiger partial charge in [0.25, 0.3) is 0 Å². The number of anilines is 1. The molecule has 0 aromatic carbocycles. The second kappa shape index (κ2) is 9.68. The fourth-order valence-electron chi connectivity index (χ4n) is 3.41. The molecule has 0 bridgehead atoms. The van der Waals surface area contributed by atoms with Crippen molar-refractivity contribution in [2.75, 3.05) is 38.2 Å². The van der Waals surface area contributed by atoms with Gasteiger partial charge in [-0.15, -0.1) is 0 Å². The summed E-state index contributed by atoms with van der Waals surface area (Å²) < 4.78 is 38.2. The molecule has 0 amide bonds. The Kier molecular flexibility index (Phi) is 7.84. The van der Waals surface area contributed by atoms with Gasteiger partial charge >= 0.3 is 6.18 Å². The number of piperidine rings is 2. The maximum atomic E-state index is 12.7. The quantitative estimate of drug-likeness (QED) is 0.709. The van der Waals surface area contributed by atoms with Gasteiger partial charge in [-0.2, -0.15) is 13.2 Å². The fraction of sp³-hybridized carbons (Fsp3) is 0.722. The summed E-state index contributed by atoms with van der Waals surface area (Å²) in [5.74, 6) is 0. The number of aliphatic hydroxyl groups excluding tert-OH is 3. The zero-order valence-corrected chi connectivity index (χ0v) is 15.4. The minimum atomic E-state index is -4.30. The van der Waals surface area contributed by atoms with E-state index < -0.39 is 23.9 Å². The van der Waals surface area contributed by atoms with Gasteiger partial charge in [-0.05, 0) is 38.8 Å². The van der Waals surface area contributed by atoms with Gasteiger partial charge in [-0.1, -0.05) is 0 Å². The van der Waals surface area contributed by atoms with Crippen LogP contribution in [0.3, 0.4) is 0 Å². The second-order valence-corrected chi connectivity index (χ2v) is 7.08. The molecule has 1 aromatic heterocycles. The SMILES string of the molecule is CN1C[C@H](O)C(O)C[C@@H]1CO.FC(F)(F)c1ccncc1N1CCCCC1. The van der Waals surface area contributed by atoms with Crippen LogP contribution in [0.15, 0.2) is 18.5 Å². The average molecular weight is 391 g/mol. The van der Waals surface area contributed by atoms with E-state index in [1.807, 2.05) is 11.9 Å². The largest absolute Gasteiger partial charge is 0.418 e. The fourth-order valence-corrected chi connectivity index (χ4v) is 3.41. The molecule has 2 aliphatic heterocycles. The summed E-state index contributed by atoms with van der Waals surface area (Å²) in [5, 5.41) is 27.2. The lowest BCUT2D eigenvalue weighted by Crippen LogP contribution is -2.51. The molecule has 3 atom stereocenters. The van der Waals surface area contributed by atoms with Gasteiger partial charge in [0.1, 0.15) is 0 Å². The molecule has 27 heavy (non-hydrogen) atoms. The van der Waals surface area contributed by atoms with Gasteiger partial charge in [0.2, 0.25) is 0 Å². The Labute approximate surface area is 157 Å². The Morgan fingerprint density at radius 1 is 1.15 bits per heavy atom. The first kappa shape index (κ1) is 21.9. The van der Waals surface area contributed by atoms with E-state index in [1.165, 1.54) is 12.4 Å². The minimum Gasteiger partial charge on any atom is -0.395 e. The summed E-state index contributed by atoms with van der Waals surface area (Å²) >= 11 is 0. The van der Waals surface area contributed by atoms with Crippen LogP contribution in [-0.2, 0) is 6.18 Å². The highest BCUT2D eigenvalue weighted by atomic mass is 19.4. The Morgan fingerprint density at radius 3 is 2.41 bits per heavy atom. The number of hydrogen-bond acceptors (Lipinski definition) is 6. The Morgan fingerprint density at radius 2 is 1.81 bits per heavy atom. The third-order valence-electron chi connectivity index (χ3n) is 5.07. The van der Waals surface area contributed by atoms with Crippen molar-refractivity contribution < 1.29 is 28.5 Å². The summed E-state index contributed by atoms with van der Waals surface area (Å²) in [6.45, 7) is 1.86. The highest BCUT2D eigenvalue weighted by Crippen LogP contribution is 2.36. The summed E-state index contributed by atoms with van der Waals surface area (Å²) in [4.78, 5) is 7.43. The van der Waals surface area contributed by atoms with E-state index in [0.29, 0.717) is 26.1 Å². The zero-order valence-electron chi connectivity index (χ0n) is 15.4. The number of β-amino-alcohol motifs (C(OH)–C–C–N with tert-alkyl or cyclic N) is 1. The lowest BCUT2D eigenvalue weighted by molar-refractivity contribution is -0.137. The molecule has 9 heteroatoms. The average Bonchev–Trinajstić information content (AvgIpc) is 2.65. The monoisotopic (exact) mass is 391 g/mol. The summed E-state index contributed by atoms with van der Waals surface area (Å²) in [5.41, 5.74) is -0.362. The molecule has 3 heterocycles. The highest BCUT2D eigenvalue weighted by Gasteiger charge is 2.35. The minimum absolute atomic E-state index is 0.00611. The van der Waals surface area contributed by atoms with Crippen LogP contribution in [0.2, 0.25) is 0 Å². The zero-order chi connectivity index (χ0) is 20.0. The molecule has 1 aromatic rings. The summed E-state index contributed by atoms with van der Waals surface area (Å²) in [7, 11) is 1.83. The summed E-state index contributed by atoms with van der Waals surface area (Å²) in [6, 6.07) is 1.04. The topological polar surface area (TPSA) is 80.1 Å². The molecule has 0 saturated carbocycles. The van der Waals surface area contributed by atoms with E-state index in [-0.39, 0.29) is 18.3 Å². The van der Waals surface area contributed by atoms with Crippen molar-refractivity contribution in [2.24, 2.45) is 0 Å². The van der Waals surface area contributed by atoms with E-state index in [4.69, 9.17) is 5.11 Å². The van der Waals surface area contributed by atoms with Crippen LogP contribution < -0.4 is 4.90 Å². The lowest BCUT2D eigenvalue weighted by atomic mass is 9.98. The van der Waals surface area contributed by atoms with Gasteiger partial charge in [0.05, 0.1) is 36.3 Å². The van der Waals surface area contributed by atoms with Crippen molar-refractivity contribution in [2.45, 2.75) is 50.1 Å². The lowest BCUT2D eigenvalue weighted by Gasteiger charge is -2.37. The van der Waals surface area contributed by atoms with Crippen LogP contribution >= 0.6 is 0 Å². The van der Waals surface area contributed by atoms with Gasteiger partial charge in [0, 0.05) is 31.9 Å². The second-order valence-electron chi connectivity index (χ2n) is 7.08. The number of alkyl halides is 3. The normalized spacial score (nSPS) is 27.1. The van der Waals surface area contributed by atoms with Crippen LogP contribution in [-0.4, -0.2) is 76.7 Å². The Bertz CT molecular complexity index is 582. The first-order chi connectivity index (χ1) is 12.7. The molecule has 0 spiro atoms. The number of nitrogens with zero attached hydrogens (tertiary/aromatic N) is 3. The van der Waals surface area contributed by atoms with Crippen LogP contribution in [0.1, 0.15) is 31.2 Å². The number of pyridine rings is 1. The smallest absolute Gasteiger partial charge is 0.395 e. The van der Waals surface area contributed by atoms with E-state index in [9.17, 15) is 23.4 Å². The first-order valence-corrected chi connectivity index (χ1v) is 9.17. The van der Waals surface area contributed by atoms with Crippen LogP contribution in [0.4, 0.5) is 18.9 Å². The maximum absolute atomic E-state index is 12.7. The standard InChI is InChI=1S/C11H13F3N2.C7H15NO3/c12-11(13,14)9-4-5-15-8-10(9)16-6-2-1-3-7-16;1-8-3-7(11)6(10)2-5(8)4-9/h4-5,8H,1-3,6-7H2;5-7,9-11H,2-4H2,1H3/t;5-,6?,7+/m.1/s1. The molecule has 0 aliphatic carbocycles. The van der Waals surface area contributed by atoms with Crippen molar-refractivity contribution >= 4 is 5.69 Å². The van der Waals surface area contributed by atoms with Crippen LogP contribution in [0.25, 0.3) is 0 Å². The molecule has 2 saturated heterocycles. The predicted molar refractivity (Wildman–Crippen MR) is 95.4 cm³/mol. The maximum Gasteiger partial charge on any atom is 0.418 e. The predicted octanol–water partition coefficient (Wildman–Crippen LogP) is 1.50. The number of likely N-dealkylation sites (tertiary alicyclic amines) is 1. The summed E-state index contributed by atoms with van der Waals surface area (Å²) in [6.07, 6.45) is 0.316.